The SMILES string of the molecule is C[C@@H](C1CC1)N1Cc2cc(-c3cnc(N)c(C(=O)NC4CCOCC4)n3)cc(S(C)(=O)=O)c2C1=O. The molecule has 11 heteroatoms. The number of aromatic nitrogens is 2. The van der Waals surface area contributed by atoms with Gasteiger partial charge in [0.25, 0.3) is 11.8 Å². The summed E-state index contributed by atoms with van der Waals surface area (Å²) in [6.07, 6.45) is 6.05. The van der Waals surface area contributed by atoms with E-state index in [2.05, 4.69) is 15.3 Å². The highest BCUT2D eigenvalue weighted by Gasteiger charge is 2.41. The van der Waals surface area contributed by atoms with Gasteiger partial charge in [-0.1, -0.05) is 0 Å². The highest BCUT2D eigenvalue weighted by molar-refractivity contribution is 7.90. The minimum atomic E-state index is -3.71. The molecule has 3 N–H and O–H groups in total. The van der Waals surface area contributed by atoms with Crippen LogP contribution in [0.1, 0.15) is 59.0 Å². The first kappa shape index (κ1) is 23.7. The summed E-state index contributed by atoms with van der Waals surface area (Å²) in [6, 6.07) is 3.21. The molecule has 0 unspecified atom stereocenters. The second-order valence-corrected chi connectivity index (χ2v) is 11.6. The Hall–Kier alpha value is -3.05. The standard InChI is InChI=1S/C24H29N5O5S/c1-13(14-3-4-14)29-12-16-9-15(10-19(35(2,32)33)20(16)24(29)31)18-11-26-22(25)21(28-18)23(30)27-17-5-7-34-8-6-17/h9-11,13-14,17H,3-8,12H2,1-2H3,(H2,25,26)(H,27,30)/t13-/m0/s1. The van der Waals surface area contributed by atoms with E-state index in [1.807, 2.05) is 6.92 Å². The van der Waals surface area contributed by atoms with Gasteiger partial charge in [0.05, 0.1) is 22.3 Å². The van der Waals surface area contributed by atoms with Gasteiger partial charge in [0, 0.05) is 43.7 Å². The number of nitrogens with two attached hydrogens (primary N) is 1. The van der Waals surface area contributed by atoms with Crippen LogP contribution in [0.4, 0.5) is 5.82 Å². The first-order valence-electron chi connectivity index (χ1n) is 11.8. The van der Waals surface area contributed by atoms with Crippen molar-refractivity contribution in [1.82, 2.24) is 20.2 Å². The van der Waals surface area contributed by atoms with Crippen LogP contribution >= 0.6 is 0 Å². The lowest BCUT2D eigenvalue weighted by Gasteiger charge is -2.24. The van der Waals surface area contributed by atoms with Gasteiger partial charge in [0.1, 0.15) is 0 Å². The molecule has 0 bridgehead atoms. The molecule has 35 heavy (non-hydrogen) atoms. The summed E-state index contributed by atoms with van der Waals surface area (Å²) >= 11 is 0. The highest BCUT2D eigenvalue weighted by atomic mass is 32.2. The maximum Gasteiger partial charge on any atom is 0.273 e. The second kappa shape index (κ2) is 8.87. The molecule has 3 heterocycles. The Morgan fingerprint density at radius 1 is 1.23 bits per heavy atom. The van der Waals surface area contributed by atoms with Crippen molar-refractivity contribution in [2.45, 2.75) is 56.1 Å². The summed E-state index contributed by atoms with van der Waals surface area (Å²) in [5, 5.41) is 2.92. The maximum absolute atomic E-state index is 13.2. The van der Waals surface area contributed by atoms with Crippen LogP contribution in [-0.4, -0.2) is 66.7 Å². The summed E-state index contributed by atoms with van der Waals surface area (Å²) in [5.74, 6) is -0.254. The fraction of sp³-hybridized carbons (Fsp3) is 0.500. The Morgan fingerprint density at radius 3 is 2.60 bits per heavy atom. The molecule has 2 aliphatic heterocycles. The van der Waals surface area contributed by atoms with E-state index < -0.39 is 15.7 Å². The number of benzene rings is 1. The number of amides is 2. The number of hydrogen-bond acceptors (Lipinski definition) is 8. The molecule has 1 aromatic heterocycles. The van der Waals surface area contributed by atoms with Gasteiger partial charge in [-0.3, -0.25) is 9.59 Å². The number of nitrogens with zero attached hydrogens (tertiary/aromatic N) is 3. The summed E-state index contributed by atoms with van der Waals surface area (Å²) in [6.45, 7) is 3.49. The van der Waals surface area contributed by atoms with Gasteiger partial charge in [-0.05, 0) is 56.2 Å². The van der Waals surface area contributed by atoms with Crippen molar-refractivity contribution in [2.75, 3.05) is 25.2 Å². The predicted octanol–water partition coefficient (Wildman–Crippen LogP) is 1.79. The number of anilines is 1. The van der Waals surface area contributed by atoms with Crippen LogP contribution in [0.3, 0.4) is 0 Å². The third-order valence-electron chi connectivity index (χ3n) is 7.06. The lowest BCUT2D eigenvalue weighted by atomic mass is 10.0. The van der Waals surface area contributed by atoms with Crippen LogP contribution in [0.5, 0.6) is 0 Å². The molecule has 2 aromatic rings. The van der Waals surface area contributed by atoms with Gasteiger partial charge < -0.3 is 20.7 Å². The third-order valence-corrected chi connectivity index (χ3v) is 8.18. The number of fused-ring (bicyclic) bond motifs is 1. The molecule has 186 valence electrons. The molecular formula is C24H29N5O5S. The van der Waals surface area contributed by atoms with Crippen LogP contribution < -0.4 is 11.1 Å². The van der Waals surface area contributed by atoms with Crippen LogP contribution in [0.15, 0.2) is 23.2 Å². The Bertz CT molecular complexity index is 1300. The molecule has 1 atom stereocenters. The quantitative estimate of drug-likeness (QED) is 0.612. The van der Waals surface area contributed by atoms with Gasteiger partial charge >= 0.3 is 0 Å². The van der Waals surface area contributed by atoms with E-state index in [0.717, 1.165) is 19.1 Å². The van der Waals surface area contributed by atoms with Crippen molar-refractivity contribution >= 4 is 27.5 Å². The van der Waals surface area contributed by atoms with Gasteiger partial charge in [0.2, 0.25) is 0 Å². The lowest BCUT2D eigenvalue weighted by Crippen LogP contribution is -2.39. The first-order chi connectivity index (χ1) is 16.6. The smallest absolute Gasteiger partial charge is 0.273 e. The van der Waals surface area contributed by atoms with E-state index in [0.29, 0.717) is 55.3 Å². The Labute approximate surface area is 204 Å². The van der Waals surface area contributed by atoms with Crippen molar-refractivity contribution in [3.8, 4) is 11.3 Å². The zero-order valence-corrected chi connectivity index (χ0v) is 20.6. The molecule has 0 spiro atoms. The molecule has 10 nitrogen and oxygen atoms in total. The molecule has 2 fully saturated rings. The van der Waals surface area contributed by atoms with Crippen molar-refractivity contribution in [3.05, 3.63) is 35.2 Å². The molecule has 1 aliphatic carbocycles. The lowest BCUT2D eigenvalue weighted by molar-refractivity contribution is 0.0687. The van der Waals surface area contributed by atoms with Crippen LogP contribution in [-0.2, 0) is 21.1 Å². The van der Waals surface area contributed by atoms with Crippen molar-refractivity contribution in [1.29, 1.82) is 0 Å². The number of ether oxygens (including phenoxy) is 1. The monoisotopic (exact) mass is 499 g/mol. The average Bonchev–Trinajstić information content (AvgIpc) is 3.62. The molecule has 2 amide bonds. The molecule has 0 radical (unpaired) electrons. The summed E-state index contributed by atoms with van der Waals surface area (Å²) < 4.78 is 30.7. The normalized spacial score (nSPS) is 19.5. The number of carbonyl (C=O) groups excluding carboxylic acids is 2. The van der Waals surface area contributed by atoms with E-state index in [1.54, 1.807) is 11.0 Å². The van der Waals surface area contributed by atoms with Crippen molar-refractivity contribution < 1.29 is 22.7 Å². The van der Waals surface area contributed by atoms with Crippen LogP contribution in [0.2, 0.25) is 0 Å². The van der Waals surface area contributed by atoms with E-state index in [9.17, 15) is 18.0 Å². The van der Waals surface area contributed by atoms with E-state index in [4.69, 9.17) is 10.5 Å². The van der Waals surface area contributed by atoms with Gasteiger partial charge in [-0.25, -0.2) is 18.4 Å². The zero-order chi connectivity index (χ0) is 24.9. The van der Waals surface area contributed by atoms with Gasteiger partial charge in [-0.2, -0.15) is 0 Å². The molecule has 1 aromatic carbocycles. The average molecular weight is 500 g/mol. The minimum absolute atomic E-state index is 0.0117. The van der Waals surface area contributed by atoms with Gasteiger partial charge in [0.15, 0.2) is 21.3 Å². The largest absolute Gasteiger partial charge is 0.382 e. The van der Waals surface area contributed by atoms with E-state index in [-0.39, 0.29) is 40.0 Å². The molecule has 1 saturated carbocycles. The second-order valence-electron chi connectivity index (χ2n) is 9.64. The van der Waals surface area contributed by atoms with Crippen LogP contribution in [0.25, 0.3) is 11.3 Å². The fourth-order valence-corrected chi connectivity index (χ4v) is 5.77. The van der Waals surface area contributed by atoms with E-state index >= 15 is 0 Å². The minimum Gasteiger partial charge on any atom is -0.382 e. The Morgan fingerprint density at radius 2 is 1.94 bits per heavy atom. The number of rotatable bonds is 6. The molecular weight excluding hydrogens is 470 g/mol. The molecule has 5 rings (SSSR count). The molecule has 1 saturated heterocycles. The number of sulfone groups is 1. The molecule has 3 aliphatic rings. The zero-order valence-electron chi connectivity index (χ0n) is 19.8. The number of carbonyl (C=O) groups is 2. The summed E-state index contributed by atoms with van der Waals surface area (Å²) in [7, 11) is -3.71. The highest BCUT2D eigenvalue weighted by Crippen LogP contribution is 2.40. The van der Waals surface area contributed by atoms with E-state index in [1.165, 1.54) is 12.3 Å². The number of nitrogens with one attached hydrogen (secondary N) is 1. The van der Waals surface area contributed by atoms with Crippen molar-refractivity contribution in [2.24, 2.45) is 5.92 Å². The van der Waals surface area contributed by atoms with Crippen molar-refractivity contribution in [3.63, 3.8) is 0 Å². The maximum atomic E-state index is 13.2. The Kier molecular flexibility index (Phi) is 6.00. The van der Waals surface area contributed by atoms with Crippen LogP contribution in [0, 0.1) is 5.92 Å². The topological polar surface area (TPSA) is 145 Å². The Balaban J connectivity index is 1.51. The third kappa shape index (κ3) is 4.62. The number of nitrogen functional groups attached to an aromatic ring is 1. The summed E-state index contributed by atoms with van der Waals surface area (Å²) in [5.41, 5.74) is 7.57. The fourth-order valence-electron chi connectivity index (χ4n) is 4.84. The first-order valence-corrected chi connectivity index (χ1v) is 13.7. The predicted molar refractivity (Wildman–Crippen MR) is 128 cm³/mol. The summed E-state index contributed by atoms with van der Waals surface area (Å²) in [4.78, 5) is 36.4. The van der Waals surface area contributed by atoms with Gasteiger partial charge in [-0.15, -0.1) is 0 Å². The number of hydrogen-bond donors (Lipinski definition) is 2.